The van der Waals surface area contributed by atoms with Crippen LogP contribution in [0.5, 0.6) is 0 Å². The maximum Gasteiger partial charge on any atom is 0.0488 e. The van der Waals surface area contributed by atoms with Crippen LogP contribution < -0.4 is 9.80 Å². The van der Waals surface area contributed by atoms with E-state index < -0.39 is 0 Å². The van der Waals surface area contributed by atoms with E-state index in [1.54, 1.807) is 0 Å². The van der Waals surface area contributed by atoms with Crippen molar-refractivity contribution in [3.63, 3.8) is 0 Å². The van der Waals surface area contributed by atoms with Crippen LogP contribution in [0.3, 0.4) is 0 Å². The Balaban J connectivity index is 1.18. The molecule has 1 aliphatic rings. The van der Waals surface area contributed by atoms with E-state index in [-0.39, 0.29) is 5.41 Å². The molecular weight excluding hydrogens is 761 g/mol. The first-order valence-electron chi connectivity index (χ1n) is 21.8. The van der Waals surface area contributed by atoms with Gasteiger partial charge in [-0.15, -0.1) is 0 Å². The van der Waals surface area contributed by atoms with E-state index in [9.17, 15) is 0 Å². The van der Waals surface area contributed by atoms with Gasteiger partial charge in [-0.25, -0.2) is 0 Å². The highest BCUT2D eigenvalue weighted by molar-refractivity contribution is 6.06. The highest BCUT2D eigenvalue weighted by Gasteiger charge is 2.36. The Labute approximate surface area is 370 Å². The van der Waals surface area contributed by atoms with Crippen LogP contribution in [0.4, 0.5) is 34.1 Å². The molecule has 0 spiro atoms. The third-order valence-electron chi connectivity index (χ3n) is 12.8. The summed E-state index contributed by atoms with van der Waals surface area (Å²) in [6.45, 7) is 4.72. The third kappa shape index (κ3) is 6.77. The molecule has 0 saturated carbocycles. The summed E-state index contributed by atoms with van der Waals surface area (Å²) in [5.74, 6) is 0. The van der Waals surface area contributed by atoms with Crippen LogP contribution in [0.2, 0.25) is 0 Å². The van der Waals surface area contributed by atoms with Gasteiger partial charge in [-0.1, -0.05) is 190 Å². The average molecular weight is 807 g/mol. The molecule has 0 fully saturated rings. The molecular formula is C61H46N2. The molecule has 1 aliphatic carbocycles. The summed E-state index contributed by atoms with van der Waals surface area (Å²) < 4.78 is 0. The Morgan fingerprint density at radius 3 is 1.40 bits per heavy atom. The second kappa shape index (κ2) is 15.8. The molecule has 0 amide bonds. The molecule has 2 nitrogen and oxygen atoms in total. The van der Waals surface area contributed by atoms with Crippen LogP contribution in [0, 0.1) is 0 Å². The fourth-order valence-electron chi connectivity index (χ4n) is 9.85. The summed E-state index contributed by atoms with van der Waals surface area (Å²) >= 11 is 0. The lowest BCUT2D eigenvalue weighted by Crippen LogP contribution is -2.17. The topological polar surface area (TPSA) is 6.48 Å². The van der Waals surface area contributed by atoms with Crippen molar-refractivity contribution in [2.75, 3.05) is 9.80 Å². The minimum atomic E-state index is -0.149. The van der Waals surface area contributed by atoms with E-state index in [1.807, 2.05) is 0 Å². The molecule has 2 heteroatoms. The molecule has 300 valence electrons. The fourth-order valence-corrected chi connectivity index (χ4v) is 9.85. The zero-order valence-electron chi connectivity index (χ0n) is 35.5. The van der Waals surface area contributed by atoms with Gasteiger partial charge in [-0.2, -0.15) is 0 Å². The lowest BCUT2D eigenvalue weighted by molar-refractivity contribution is 0.660. The first-order chi connectivity index (χ1) is 31.0. The normalized spacial score (nSPS) is 12.4. The third-order valence-corrected chi connectivity index (χ3v) is 12.8. The van der Waals surface area contributed by atoms with Gasteiger partial charge in [-0.3, -0.25) is 0 Å². The molecule has 0 heterocycles. The van der Waals surface area contributed by atoms with E-state index in [0.717, 1.165) is 45.3 Å². The molecule has 0 radical (unpaired) electrons. The Kier molecular flexibility index (Phi) is 9.55. The number of hydrogen-bond acceptors (Lipinski definition) is 2. The van der Waals surface area contributed by atoms with Crippen molar-refractivity contribution in [1.29, 1.82) is 0 Å². The van der Waals surface area contributed by atoms with E-state index in [1.165, 1.54) is 55.3 Å². The Bertz CT molecular complexity index is 3210. The summed E-state index contributed by atoms with van der Waals surface area (Å²) in [5.41, 5.74) is 18.8. The largest absolute Gasteiger partial charge is 0.310 e. The first kappa shape index (κ1) is 38.0. The van der Waals surface area contributed by atoms with Gasteiger partial charge >= 0.3 is 0 Å². The van der Waals surface area contributed by atoms with Crippen LogP contribution in [0.25, 0.3) is 55.3 Å². The summed E-state index contributed by atoms with van der Waals surface area (Å²) in [6.07, 6.45) is 0. The summed E-state index contributed by atoms with van der Waals surface area (Å²) in [4.78, 5) is 4.82. The highest BCUT2D eigenvalue weighted by atomic mass is 15.2. The molecule has 63 heavy (non-hydrogen) atoms. The van der Waals surface area contributed by atoms with Gasteiger partial charge in [0.05, 0.1) is 0 Å². The van der Waals surface area contributed by atoms with Crippen LogP contribution >= 0.6 is 0 Å². The predicted molar refractivity (Wildman–Crippen MR) is 267 cm³/mol. The number of hydrogen-bond donors (Lipinski definition) is 0. The molecule has 11 rings (SSSR count). The van der Waals surface area contributed by atoms with Crippen LogP contribution in [-0.4, -0.2) is 0 Å². The van der Waals surface area contributed by atoms with Crippen LogP contribution in [-0.2, 0) is 5.41 Å². The summed E-state index contributed by atoms with van der Waals surface area (Å²) in [5, 5.41) is 2.46. The van der Waals surface area contributed by atoms with Gasteiger partial charge in [0, 0.05) is 39.5 Å². The van der Waals surface area contributed by atoms with Crippen LogP contribution in [0.15, 0.2) is 243 Å². The minimum Gasteiger partial charge on any atom is -0.310 e. The first-order valence-corrected chi connectivity index (χ1v) is 21.8. The van der Waals surface area contributed by atoms with E-state index >= 15 is 0 Å². The fraction of sp³-hybridized carbons (Fsp3) is 0.0492. The zero-order valence-corrected chi connectivity index (χ0v) is 35.5. The Morgan fingerprint density at radius 1 is 0.286 bits per heavy atom. The van der Waals surface area contributed by atoms with Crippen molar-refractivity contribution in [3.05, 3.63) is 254 Å². The molecule has 0 unspecified atom stereocenters. The smallest absolute Gasteiger partial charge is 0.0488 e. The molecule has 0 bridgehead atoms. The summed E-state index contributed by atoms with van der Waals surface area (Å²) in [7, 11) is 0. The number of rotatable bonds is 9. The molecule has 10 aromatic carbocycles. The van der Waals surface area contributed by atoms with Crippen molar-refractivity contribution in [1.82, 2.24) is 0 Å². The van der Waals surface area contributed by atoms with Gasteiger partial charge in [0.1, 0.15) is 0 Å². The van der Waals surface area contributed by atoms with Crippen molar-refractivity contribution in [2.24, 2.45) is 0 Å². The molecule has 10 aromatic rings. The Morgan fingerprint density at radius 2 is 0.762 bits per heavy atom. The monoisotopic (exact) mass is 806 g/mol. The maximum absolute atomic E-state index is 2.44. The van der Waals surface area contributed by atoms with Crippen molar-refractivity contribution < 1.29 is 0 Å². The number of para-hydroxylation sites is 3. The van der Waals surface area contributed by atoms with E-state index in [4.69, 9.17) is 0 Å². The van der Waals surface area contributed by atoms with Gasteiger partial charge in [0.2, 0.25) is 0 Å². The molecule has 0 saturated heterocycles. The predicted octanol–water partition coefficient (Wildman–Crippen LogP) is 17.1. The number of benzene rings is 10. The van der Waals surface area contributed by atoms with E-state index in [0.29, 0.717) is 0 Å². The van der Waals surface area contributed by atoms with E-state index in [2.05, 4.69) is 266 Å². The molecule has 0 N–H and O–H groups in total. The Hall–Kier alpha value is -7.94. The second-order valence-electron chi connectivity index (χ2n) is 16.9. The van der Waals surface area contributed by atoms with Crippen molar-refractivity contribution in [2.45, 2.75) is 19.3 Å². The molecule has 0 atom stereocenters. The summed E-state index contributed by atoms with van der Waals surface area (Å²) in [6, 6.07) is 88.5. The number of nitrogens with zero attached hydrogens (tertiary/aromatic N) is 2. The minimum absolute atomic E-state index is 0.149. The SMILES string of the molecule is CC1(C)c2ccccc2-c2ccc(N(c3ccccc3)c3cc(-c4ccccc4-c4ccc5ccccc5c4-c4ccccc4)cc(N(c4ccccc4)c4ccccc4)c3)cc21. The quantitative estimate of drug-likeness (QED) is 0.143. The van der Waals surface area contributed by atoms with Gasteiger partial charge in [-0.05, 0) is 133 Å². The van der Waals surface area contributed by atoms with Gasteiger partial charge in [0.25, 0.3) is 0 Å². The van der Waals surface area contributed by atoms with Gasteiger partial charge < -0.3 is 9.80 Å². The second-order valence-corrected chi connectivity index (χ2v) is 16.9. The average Bonchev–Trinajstić information content (AvgIpc) is 3.57. The van der Waals surface area contributed by atoms with Crippen molar-refractivity contribution >= 4 is 44.9 Å². The lowest BCUT2D eigenvalue weighted by Gasteiger charge is -2.31. The number of fused-ring (bicyclic) bond motifs is 4. The standard InChI is InChI=1S/C61H46N2/c1-61(2)58-34-20-19-33-55(58)56-38-36-49(42-59(56)61)63(48-28-13-6-14-29-48)51-40-45(39-50(41-51)62(46-24-9-4-10-25-46)47-26-11-5-12-27-47)52-30-17-18-32-54(52)57-37-35-43-21-15-16-31-53(43)60(57)44-22-7-3-8-23-44/h3-42H,1-2H3. The maximum atomic E-state index is 2.44. The van der Waals surface area contributed by atoms with Crippen molar-refractivity contribution in [3.8, 4) is 44.5 Å². The number of anilines is 6. The highest BCUT2D eigenvalue weighted by Crippen LogP contribution is 2.52. The molecule has 0 aromatic heterocycles. The van der Waals surface area contributed by atoms with Gasteiger partial charge in [0.15, 0.2) is 0 Å². The van der Waals surface area contributed by atoms with Crippen LogP contribution in [0.1, 0.15) is 25.0 Å². The zero-order chi connectivity index (χ0) is 42.3. The lowest BCUT2D eigenvalue weighted by atomic mass is 9.82. The molecule has 0 aliphatic heterocycles.